The van der Waals surface area contributed by atoms with Crippen molar-refractivity contribution in [3.8, 4) is 0 Å². The van der Waals surface area contributed by atoms with E-state index in [1.807, 2.05) is 13.7 Å². The highest BCUT2D eigenvalue weighted by molar-refractivity contribution is 6.88. The molecule has 119 heavy (non-hydrogen) atoms. The predicted octanol–water partition coefficient (Wildman–Crippen LogP) is 15.3. The largest absolute Gasteiger partial charge is 0.481 e. The third-order valence-electron chi connectivity index (χ3n) is 18.0. The first-order valence-electron chi connectivity index (χ1n) is 41.7. The van der Waals surface area contributed by atoms with Crippen LogP contribution in [0.15, 0.2) is 0 Å². The normalized spacial score (nSPS) is 15.9. The van der Waals surface area contributed by atoms with Crippen LogP contribution in [0.5, 0.6) is 0 Å². The van der Waals surface area contributed by atoms with Crippen molar-refractivity contribution >= 4 is 150 Å². The maximum atomic E-state index is 12.6. The lowest BCUT2D eigenvalue weighted by Crippen LogP contribution is -2.55. The van der Waals surface area contributed by atoms with E-state index in [4.69, 9.17) is 112 Å². The first-order chi connectivity index (χ1) is 54.1. The zero-order valence-corrected chi connectivity index (χ0v) is 91.4. The van der Waals surface area contributed by atoms with E-state index < -0.39 is 137 Å². The van der Waals surface area contributed by atoms with E-state index >= 15 is 0 Å². The van der Waals surface area contributed by atoms with E-state index in [0.717, 1.165) is 87.4 Å². The molecule has 0 fully saturated rings. The van der Waals surface area contributed by atoms with Crippen LogP contribution >= 0.6 is 0 Å². The Balaban J connectivity index is -0.000000181. The molecule has 0 saturated carbocycles. The van der Waals surface area contributed by atoms with Crippen molar-refractivity contribution in [1.29, 1.82) is 0 Å². The van der Waals surface area contributed by atoms with Gasteiger partial charge in [-0.05, 0) is 224 Å². The van der Waals surface area contributed by atoms with Gasteiger partial charge in [0.05, 0.1) is 12.3 Å². The van der Waals surface area contributed by atoms with Crippen LogP contribution in [0.3, 0.4) is 0 Å². The topological polar surface area (TPSA) is 471 Å². The molecule has 0 bridgehead atoms. The van der Waals surface area contributed by atoms with Crippen LogP contribution in [-0.2, 0) is 108 Å². The van der Waals surface area contributed by atoms with Gasteiger partial charge in [0.2, 0.25) is 11.8 Å². The summed E-state index contributed by atoms with van der Waals surface area (Å²) in [6.07, 6.45) is 12.7. The van der Waals surface area contributed by atoms with Gasteiger partial charge in [0.1, 0.15) is 0 Å². The molecule has 0 aromatic carbocycles. The highest BCUT2D eigenvalue weighted by atomic mass is 28.5. The zero-order valence-electron chi connectivity index (χ0n) is 79.4. The van der Waals surface area contributed by atoms with E-state index in [2.05, 4.69) is 170 Å². The Labute approximate surface area is 732 Å². The van der Waals surface area contributed by atoms with Gasteiger partial charge in [-0.1, -0.05) is 114 Å². The second-order valence-electron chi connectivity index (χ2n) is 34.4. The predicted molar refractivity (Wildman–Crippen MR) is 499 cm³/mol. The second kappa shape index (κ2) is 71.5. The number of hydrogen-bond acceptors (Lipinski definition) is 27. The fourth-order valence-corrected chi connectivity index (χ4v) is 63.0. The van der Waals surface area contributed by atoms with E-state index in [0.29, 0.717) is 51.5 Å². The molecule has 710 valence electrons. The number of carboxylic acid groups (broad SMARTS) is 3. The third-order valence-corrected chi connectivity index (χ3v) is 63.7. The molecule has 0 aliphatic carbocycles. The summed E-state index contributed by atoms with van der Waals surface area (Å²) in [5, 5.41) is 32.6. The first kappa shape index (κ1) is 134. The number of ether oxygens (including phenoxy) is 1. The molecule has 0 aromatic heterocycles. The van der Waals surface area contributed by atoms with Gasteiger partial charge in [-0.15, -0.1) is 0 Å². The Morgan fingerprint density at radius 1 is 0.395 bits per heavy atom. The van der Waals surface area contributed by atoms with Crippen molar-refractivity contribution in [3.05, 3.63) is 0 Å². The molecule has 0 heterocycles. The lowest BCUT2D eigenvalue weighted by molar-refractivity contribution is -0.193. The first-order valence-corrected chi connectivity index (χ1v) is 75.6. The Bertz CT molecular complexity index is 2680. The minimum Gasteiger partial charge on any atom is -0.481 e. The van der Waals surface area contributed by atoms with Crippen molar-refractivity contribution in [1.82, 2.24) is 10.6 Å². The number of carbonyl (C=O) groups is 5. The smallest absolute Gasteiger partial charge is 0.373 e. The van der Waals surface area contributed by atoms with E-state index in [1.54, 1.807) is 35.4 Å². The molecule has 0 saturated heterocycles. The molecule has 0 aromatic rings. The second-order valence-corrected chi connectivity index (χ2v) is 82.0. The number of hydrogen-bond donors (Lipinski definition) is 8. The number of nitrogens with one attached hydrogen (secondary N) is 2. The van der Waals surface area contributed by atoms with Gasteiger partial charge in [-0.2, -0.15) is 28.8 Å². The van der Waals surface area contributed by atoms with Crippen molar-refractivity contribution in [2.75, 3.05) is 74.9 Å². The SMILES string of the molecule is C.CCCC[Si](C)(OC)O[Si](C)(C)CCC.CCC[Si](C)(C)O[Si](C)(CCCC(C)C(=O)O)OC.CCC[Si](C)(C)O[Si](C)(CCCN)OC.CCC[Si](C)(O[Si](C)(C)C)O[Si](C)(CCCC(CC(=O)NCCN)C(=O)NCCN)OC.CCC[Si](C)(O[Si](C)(C)C)O[Si](C)(CCCOC(C)(CC(=O)O)C(=O)O)OC.O=C=O.O=C=O.O=C=O. The number of carbonyl (C=O) groups excluding carboxylic acids is 8. The fraction of sp³-hybridized carbons (Fsp3) is 0.893. The van der Waals surface area contributed by atoms with Gasteiger partial charge < -0.3 is 98.8 Å². The van der Waals surface area contributed by atoms with Crippen LogP contribution in [0.25, 0.3) is 0 Å². The summed E-state index contributed by atoms with van der Waals surface area (Å²) in [6.45, 7) is 59.9. The highest BCUT2D eigenvalue weighted by Crippen LogP contribution is 2.33. The lowest BCUT2D eigenvalue weighted by Gasteiger charge is -2.40. The number of amides is 2. The van der Waals surface area contributed by atoms with E-state index in [9.17, 15) is 29.1 Å². The van der Waals surface area contributed by atoms with E-state index in [1.165, 1.54) is 44.7 Å². The van der Waals surface area contributed by atoms with Crippen molar-refractivity contribution in [3.63, 3.8) is 0 Å². The van der Waals surface area contributed by atoms with Crippen molar-refractivity contribution in [2.45, 2.75) is 350 Å². The van der Waals surface area contributed by atoms with Gasteiger partial charge in [0.15, 0.2) is 47.2 Å². The monoisotopic (exact) mass is 1910 g/mol. The Morgan fingerprint density at radius 3 is 0.975 bits per heavy atom. The lowest BCUT2D eigenvalue weighted by atomic mass is 9.98. The molecule has 0 aliphatic heterocycles. The molecular formula is C75H175N5O27Si12. The average molecular weight is 1920 g/mol. The van der Waals surface area contributed by atoms with Crippen LogP contribution < -0.4 is 27.8 Å². The van der Waals surface area contributed by atoms with Gasteiger partial charge in [0, 0.05) is 80.7 Å². The third kappa shape index (κ3) is 77.5. The zero-order chi connectivity index (χ0) is 94.2. The summed E-state index contributed by atoms with van der Waals surface area (Å²) >= 11 is 0. The molecule has 2 amide bonds. The summed E-state index contributed by atoms with van der Waals surface area (Å²) < 4.78 is 79.3. The number of nitrogens with two attached hydrogens (primary N) is 3. The van der Waals surface area contributed by atoms with Gasteiger partial charge in [0.25, 0.3) is 0 Å². The number of carboxylic acids is 3. The minimum absolute atomic E-state index is 0. The van der Waals surface area contributed by atoms with Crippen molar-refractivity contribution < 1.29 is 124 Å². The maximum absolute atomic E-state index is 12.6. The summed E-state index contributed by atoms with van der Waals surface area (Å²) in [7, 11) is -15.2. The molecule has 0 radical (unpaired) electrons. The molecule has 10 unspecified atom stereocenters. The number of rotatable bonds is 59. The van der Waals surface area contributed by atoms with E-state index in [-0.39, 0.29) is 56.6 Å². The summed E-state index contributed by atoms with van der Waals surface area (Å²) in [5.74, 6) is -4.24. The fourth-order valence-electron chi connectivity index (χ4n) is 12.8. The minimum atomic E-state index is -2.54. The van der Waals surface area contributed by atoms with Crippen LogP contribution in [0.1, 0.15) is 159 Å². The number of aliphatic carboxylic acids is 3. The van der Waals surface area contributed by atoms with Crippen LogP contribution in [-0.4, -0.2) is 245 Å². The molecule has 0 rings (SSSR count). The van der Waals surface area contributed by atoms with Crippen LogP contribution in [0.2, 0.25) is 185 Å². The number of unbranched alkanes of at least 4 members (excludes halogenated alkanes) is 1. The summed E-state index contributed by atoms with van der Waals surface area (Å²) in [5.41, 5.74) is 14.7. The molecule has 11 N–H and O–H groups in total. The summed E-state index contributed by atoms with van der Waals surface area (Å²) in [4.78, 5) is 107. The van der Waals surface area contributed by atoms with Crippen LogP contribution in [0, 0.1) is 11.8 Å². The summed E-state index contributed by atoms with van der Waals surface area (Å²) in [6, 6.07) is 9.77. The molecule has 44 heteroatoms. The quantitative estimate of drug-likeness (QED) is 0.0207. The Morgan fingerprint density at radius 2 is 0.697 bits per heavy atom. The Hall–Kier alpha value is -2.55. The van der Waals surface area contributed by atoms with Gasteiger partial charge in [-0.25, -0.2) is 4.79 Å². The molecule has 32 nitrogen and oxygen atoms in total. The molecule has 0 spiro atoms. The molecule has 10 atom stereocenters. The molecule has 0 aliphatic rings. The Kier molecular flexibility index (Phi) is 80.8. The van der Waals surface area contributed by atoms with Gasteiger partial charge in [-0.3, -0.25) is 19.2 Å². The molecular weight excluding hydrogens is 1740 g/mol. The standard InChI is InChI=1S/C20H48N4O5Si3.C17H38O8Si3.C13H30O4Si2.C11H28O2Si2.C10H27NO2Si2.3CO2.CH4/c1-8-15-32(7,28-30(3,4)5)29-31(6,27-2)16-9-10-18(20(26)24-14-12-22)17-19(25)23-13-11-21;1-9-12-28(8,24-26(4,5)6)25-27(7,22-3)13-10-11-23-17(2,16(20)21)14-15(18)19;1-7-10-18(4,5)17-19(6,16-3)11-8-9-12(2)13(14)15;1-7-9-11-15(6,12-3)13-14(4,5)10-8-2;1-6-9-14(3,4)13-15(5,12-2)10-7-8-11;3*2-1-3;/h18H,8-17,21-22H2,1-7H3,(H,23,25)(H,24,26);9-14H2,1-8H3,(H,18,19)(H,20,21);12H,7-11H2,1-6H3,(H,14,15);7-11H2,1-6H3;6-11H2,1-5H3;;;;1H4. The van der Waals surface area contributed by atoms with Crippen molar-refractivity contribution in [2.24, 2.45) is 29.0 Å². The van der Waals surface area contributed by atoms with Gasteiger partial charge >= 0.3 is 96.3 Å². The average Bonchev–Trinajstić information content (AvgIpc) is 0.827. The maximum Gasteiger partial charge on any atom is 0.373 e. The van der Waals surface area contributed by atoms with Crippen LogP contribution in [0.4, 0.5) is 0 Å². The highest BCUT2D eigenvalue weighted by Gasteiger charge is 2.47.